The van der Waals surface area contributed by atoms with Gasteiger partial charge in [0.25, 0.3) is 0 Å². The van der Waals surface area contributed by atoms with Crippen molar-refractivity contribution in [2.24, 2.45) is 0 Å². The summed E-state index contributed by atoms with van der Waals surface area (Å²) >= 11 is 0. The van der Waals surface area contributed by atoms with Gasteiger partial charge in [0.05, 0.1) is 0 Å². The standard InChI is InChI=1S/C9H7NO/c10-9-5-1-3-8(7-9)4-2-6-11/h1,3,5-7H,10H2. The average molecular weight is 145 g/mol. The van der Waals surface area contributed by atoms with Crippen LogP contribution >= 0.6 is 0 Å². The summed E-state index contributed by atoms with van der Waals surface area (Å²) in [6, 6.07) is 7.08. The van der Waals surface area contributed by atoms with E-state index in [1.807, 2.05) is 0 Å². The van der Waals surface area contributed by atoms with E-state index in [4.69, 9.17) is 5.73 Å². The van der Waals surface area contributed by atoms with Crippen LogP contribution in [0.2, 0.25) is 0 Å². The Bertz CT molecular complexity index is 320. The van der Waals surface area contributed by atoms with Gasteiger partial charge in [0.2, 0.25) is 0 Å². The molecule has 11 heavy (non-hydrogen) atoms. The molecule has 0 spiro atoms. The summed E-state index contributed by atoms with van der Waals surface area (Å²) < 4.78 is 0. The molecule has 0 saturated carbocycles. The molecule has 1 rings (SSSR count). The Balaban J connectivity index is 2.96. The van der Waals surface area contributed by atoms with Crippen LogP contribution < -0.4 is 5.73 Å². The minimum atomic E-state index is 0.559. The number of hydrogen-bond donors (Lipinski definition) is 1. The van der Waals surface area contributed by atoms with E-state index >= 15 is 0 Å². The summed E-state index contributed by atoms with van der Waals surface area (Å²) in [6.07, 6.45) is 0.559. The molecule has 2 heteroatoms. The van der Waals surface area contributed by atoms with Gasteiger partial charge in [-0.3, -0.25) is 4.79 Å². The van der Waals surface area contributed by atoms with E-state index in [2.05, 4.69) is 11.8 Å². The van der Waals surface area contributed by atoms with Crippen LogP contribution in [-0.2, 0) is 4.79 Å². The van der Waals surface area contributed by atoms with Gasteiger partial charge in [0.1, 0.15) is 0 Å². The minimum absolute atomic E-state index is 0.559. The third-order valence-corrected chi connectivity index (χ3v) is 1.16. The highest BCUT2D eigenvalue weighted by molar-refractivity contribution is 5.74. The first-order valence-electron chi connectivity index (χ1n) is 3.13. The summed E-state index contributed by atoms with van der Waals surface area (Å²) in [4.78, 5) is 9.86. The minimum Gasteiger partial charge on any atom is -0.399 e. The predicted octanol–water partition coefficient (Wildman–Crippen LogP) is 0.819. The van der Waals surface area contributed by atoms with Crippen molar-refractivity contribution < 1.29 is 4.79 Å². The van der Waals surface area contributed by atoms with Crippen molar-refractivity contribution >= 4 is 12.0 Å². The number of nitrogens with two attached hydrogens (primary N) is 1. The molecule has 0 aliphatic heterocycles. The van der Waals surface area contributed by atoms with E-state index in [-0.39, 0.29) is 0 Å². The molecule has 1 aromatic rings. The number of aldehydes is 1. The second kappa shape index (κ2) is 3.43. The fourth-order valence-electron chi connectivity index (χ4n) is 0.729. The molecule has 0 amide bonds. The lowest BCUT2D eigenvalue weighted by Gasteiger charge is -1.91. The fourth-order valence-corrected chi connectivity index (χ4v) is 0.729. The first-order chi connectivity index (χ1) is 5.33. The van der Waals surface area contributed by atoms with E-state index in [0.717, 1.165) is 5.56 Å². The maximum atomic E-state index is 9.86. The van der Waals surface area contributed by atoms with Crippen LogP contribution in [0.25, 0.3) is 0 Å². The predicted molar refractivity (Wildman–Crippen MR) is 43.8 cm³/mol. The molecule has 0 unspecified atom stereocenters. The van der Waals surface area contributed by atoms with Crippen molar-refractivity contribution in [1.29, 1.82) is 0 Å². The smallest absolute Gasteiger partial charge is 0.193 e. The second-order valence-corrected chi connectivity index (χ2v) is 2.01. The number of nitrogen functional groups attached to an aromatic ring is 1. The molecule has 2 nitrogen and oxygen atoms in total. The largest absolute Gasteiger partial charge is 0.399 e. The Morgan fingerprint density at radius 1 is 1.45 bits per heavy atom. The van der Waals surface area contributed by atoms with Gasteiger partial charge in [-0.05, 0) is 24.1 Å². The summed E-state index contributed by atoms with van der Waals surface area (Å²) in [5.41, 5.74) is 6.89. The van der Waals surface area contributed by atoms with Crippen LogP contribution in [0.15, 0.2) is 24.3 Å². The van der Waals surface area contributed by atoms with Crippen molar-refractivity contribution in [3.05, 3.63) is 29.8 Å². The highest BCUT2D eigenvalue weighted by Gasteiger charge is 1.85. The number of hydrogen-bond acceptors (Lipinski definition) is 2. The van der Waals surface area contributed by atoms with Crippen molar-refractivity contribution in [3.8, 4) is 11.8 Å². The maximum absolute atomic E-state index is 9.86. The van der Waals surface area contributed by atoms with Gasteiger partial charge in [-0.15, -0.1) is 0 Å². The molecule has 0 aliphatic carbocycles. The highest BCUT2D eigenvalue weighted by Crippen LogP contribution is 2.03. The second-order valence-electron chi connectivity index (χ2n) is 2.01. The van der Waals surface area contributed by atoms with Gasteiger partial charge >= 0.3 is 0 Å². The Morgan fingerprint density at radius 2 is 2.27 bits per heavy atom. The Kier molecular flexibility index (Phi) is 2.29. The Labute approximate surface area is 65.0 Å². The summed E-state index contributed by atoms with van der Waals surface area (Å²) in [6.45, 7) is 0. The summed E-state index contributed by atoms with van der Waals surface area (Å²) in [5, 5.41) is 0. The molecule has 0 aliphatic rings. The number of benzene rings is 1. The van der Waals surface area contributed by atoms with Crippen molar-refractivity contribution in [1.82, 2.24) is 0 Å². The molecule has 0 aromatic heterocycles. The van der Waals surface area contributed by atoms with Crippen LogP contribution in [0, 0.1) is 11.8 Å². The zero-order valence-electron chi connectivity index (χ0n) is 5.87. The number of carbonyl (C=O) groups is 1. The molecule has 0 saturated heterocycles. The molecular weight excluding hydrogens is 138 g/mol. The Morgan fingerprint density at radius 3 is 2.91 bits per heavy atom. The highest BCUT2D eigenvalue weighted by atomic mass is 16.1. The zero-order chi connectivity index (χ0) is 8.10. The Hall–Kier alpha value is -1.75. The van der Waals surface area contributed by atoms with Crippen molar-refractivity contribution in [2.45, 2.75) is 0 Å². The number of rotatable bonds is 0. The van der Waals surface area contributed by atoms with Gasteiger partial charge in [-0.25, -0.2) is 0 Å². The average Bonchev–Trinajstić information content (AvgIpc) is 2.01. The number of anilines is 1. The van der Waals surface area contributed by atoms with Gasteiger partial charge in [-0.1, -0.05) is 12.0 Å². The molecule has 0 heterocycles. The van der Waals surface area contributed by atoms with Crippen LogP contribution in [0.4, 0.5) is 5.69 Å². The van der Waals surface area contributed by atoms with Crippen LogP contribution in [-0.4, -0.2) is 6.29 Å². The van der Waals surface area contributed by atoms with E-state index in [1.165, 1.54) is 0 Å². The van der Waals surface area contributed by atoms with Gasteiger partial charge < -0.3 is 5.73 Å². The topological polar surface area (TPSA) is 43.1 Å². The molecule has 1 aromatic carbocycles. The third-order valence-electron chi connectivity index (χ3n) is 1.16. The molecule has 0 fully saturated rings. The van der Waals surface area contributed by atoms with Crippen molar-refractivity contribution in [3.63, 3.8) is 0 Å². The summed E-state index contributed by atoms with van der Waals surface area (Å²) in [5.74, 6) is 4.94. The van der Waals surface area contributed by atoms with E-state index < -0.39 is 0 Å². The zero-order valence-corrected chi connectivity index (χ0v) is 5.87. The van der Waals surface area contributed by atoms with Crippen LogP contribution in [0.1, 0.15) is 5.56 Å². The van der Waals surface area contributed by atoms with Gasteiger partial charge in [0.15, 0.2) is 6.29 Å². The lowest BCUT2D eigenvalue weighted by Crippen LogP contribution is -1.84. The normalized spacial score (nSPS) is 8.00. The van der Waals surface area contributed by atoms with Crippen LogP contribution in [0.5, 0.6) is 0 Å². The fraction of sp³-hybridized carbons (Fsp3) is 0. The number of carbonyl (C=O) groups excluding carboxylic acids is 1. The molecule has 2 N–H and O–H groups in total. The first kappa shape index (κ1) is 7.36. The van der Waals surface area contributed by atoms with Gasteiger partial charge in [0, 0.05) is 11.3 Å². The SMILES string of the molecule is Nc1cccc(C#CC=O)c1. The van der Waals surface area contributed by atoms with E-state index in [0.29, 0.717) is 12.0 Å². The maximum Gasteiger partial charge on any atom is 0.193 e. The molecular formula is C9H7NO. The lowest BCUT2D eigenvalue weighted by atomic mass is 10.2. The lowest BCUT2D eigenvalue weighted by molar-refractivity contribution is -0.103. The summed E-state index contributed by atoms with van der Waals surface area (Å²) in [7, 11) is 0. The van der Waals surface area contributed by atoms with Gasteiger partial charge in [-0.2, -0.15) is 0 Å². The molecule has 0 atom stereocenters. The molecule has 0 bridgehead atoms. The quantitative estimate of drug-likeness (QED) is 0.333. The first-order valence-corrected chi connectivity index (χ1v) is 3.13. The van der Waals surface area contributed by atoms with E-state index in [9.17, 15) is 4.79 Å². The molecule has 54 valence electrons. The van der Waals surface area contributed by atoms with E-state index in [1.54, 1.807) is 24.3 Å². The third kappa shape index (κ3) is 2.15. The van der Waals surface area contributed by atoms with Crippen LogP contribution in [0.3, 0.4) is 0 Å². The van der Waals surface area contributed by atoms with Crippen molar-refractivity contribution in [2.75, 3.05) is 5.73 Å². The molecule has 0 radical (unpaired) electrons. The monoisotopic (exact) mass is 145 g/mol.